The Morgan fingerprint density at radius 2 is 2.06 bits per heavy atom. The molecule has 3 aromatic rings. The van der Waals surface area contributed by atoms with Gasteiger partial charge in [0.15, 0.2) is 0 Å². The third-order valence-electron chi connectivity index (χ3n) is 6.10. The van der Waals surface area contributed by atoms with Gasteiger partial charge in [0.25, 0.3) is 0 Å². The lowest BCUT2D eigenvalue weighted by atomic mass is 9.85. The van der Waals surface area contributed by atoms with Gasteiger partial charge in [-0.2, -0.15) is 0 Å². The SMILES string of the molecule is C=CC(C)(C)c1cc2cc3c(cc2oc1=O)O[C@@H](C(C)(C)OC(=O)CNCc1ccco1)C3. The molecule has 1 aliphatic rings. The Kier molecular flexibility index (Phi) is 5.93. The number of fused-ring (bicyclic) bond motifs is 2. The number of carbonyl (C=O) groups is 1. The van der Waals surface area contributed by atoms with Crippen LogP contribution in [0.1, 0.15) is 44.6 Å². The van der Waals surface area contributed by atoms with Crippen LogP contribution in [0.15, 0.2) is 62.9 Å². The minimum atomic E-state index is -0.856. The van der Waals surface area contributed by atoms with E-state index in [1.54, 1.807) is 24.5 Å². The highest BCUT2D eigenvalue weighted by molar-refractivity contribution is 5.81. The van der Waals surface area contributed by atoms with E-state index < -0.39 is 16.6 Å². The molecule has 1 N–H and O–H groups in total. The number of benzene rings is 1. The van der Waals surface area contributed by atoms with Crippen LogP contribution < -0.4 is 15.7 Å². The van der Waals surface area contributed by atoms with Gasteiger partial charge < -0.3 is 18.3 Å². The molecule has 7 nitrogen and oxygen atoms in total. The number of furan rings is 1. The smallest absolute Gasteiger partial charge is 0.340 e. The largest absolute Gasteiger partial charge is 0.485 e. The molecule has 0 fully saturated rings. The lowest BCUT2D eigenvalue weighted by Crippen LogP contribution is -2.45. The molecule has 3 heterocycles. The van der Waals surface area contributed by atoms with Crippen molar-refractivity contribution in [3.8, 4) is 5.75 Å². The summed E-state index contributed by atoms with van der Waals surface area (Å²) in [5.74, 6) is 1.00. The fourth-order valence-corrected chi connectivity index (χ4v) is 3.90. The Balaban J connectivity index is 1.46. The molecule has 0 unspecified atom stereocenters. The number of ether oxygens (including phenoxy) is 2. The van der Waals surface area contributed by atoms with Gasteiger partial charge in [-0.3, -0.25) is 10.1 Å². The average molecular weight is 452 g/mol. The van der Waals surface area contributed by atoms with E-state index in [9.17, 15) is 9.59 Å². The highest BCUT2D eigenvalue weighted by Gasteiger charge is 2.40. The van der Waals surface area contributed by atoms with E-state index in [1.165, 1.54) is 0 Å². The number of esters is 1. The second-order valence-corrected chi connectivity index (χ2v) is 9.44. The molecule has 0 spiro atoms. The molecule has 0 radical (unpaired) electrons. The Morgan fingerprint density at radius 1 is 1.27 bits per heavy atom. The molecule has 1 atom stereocenters. The van der Waals surface area contributed by atoms with Crippen molar-refractivity contribution in [2.75, 3.05) is 6.54 Å². The molecule has 0 bridgehead atoms. The topological polar surface area (TPSA) is 90.9 Å². The minimum absolute atomic E-state index is 0.0563. The minimum Gasteiger partial charge on any atom is -0.485 e. The van der Waals surface area contributed by atoms with Gasteiger partial charge in [0.2, 0.25) is 0 Å². The Hall–Kier alpha value is -3.32. The molecule has 0 saturated heterocycles. The molecule has 33 heavy (non-hydrogen) atoms. The molecule has 1 aliphatic heterocycles. The van der Waals surface area contributed by atoms with Crippen LogP contribution in [0.25, 0.3) is 11.0 Å². The van der Waals surface area contributed by atoms with Gasteiger partial charge >= 0.3 is 11.6 Å². The zero-order valence-corrected chi connectivity index (χ0v) is 19.4. The third kappa shape index (κ3) is 4.73. The predicted molar refractivity (Wildman–Crippen MR) is 124 cm³/mol. The Labute approximate surface area is 192 Å². The molecule has 0 amide bonds. The van der Waals surface area contributed by atoms with Gasteiger partial charge in [0, 0.05) is 28.9 Å². The first-order chi connectivity index (χ1) is 15.6. The first-order valence-corrected chi connectivity index (χ1v) is 11.0. The van der Waals surface area contributed by atoms with Crippen LogP contribution in [-0.2, 0) is 27.9 Å². The first-order valence-electron chi connectivity index (χ1n) is 11.0. The van der Waals surface area contributed by atoms with E-state index >= 15 is 0 Å². The first kappa shape index (κ1) is 22.9. The molecule has 1 aromatic carbocycles. The number of carbonyl (C=O) groups excluding carboxylic acids is 1. The van der Waals surface area contributed by atoms with Crippen molar-refractivity contribution in [2.45, 2.75) is 57.8 Å². The van der Waals surface area contributed by atoms with E-state index in [0.717, 1.165) is 16.7 Å². The molecule has 0 aliphatic carbocycles. The lowest BCUT2D eigenvalue weighted by molar-refractivity contribution is -0.163. The standard InChI is InChI=1S/C26H29NO6/c1-6-25(2,3)19-11-16-10-17-12-22(31-20(17)13-21(16)32-24(19)29)26(4,5)33-23(28)15-27-14-18-8-7-9-30-18/h6-11,13,22,27H,1,12,14-15H2,2-5H3/t22-/m1/s1. The Morgan fingerprint density at radius 3 is 2.76 bits per heavy atom. The molecule has 0 saturated carbocycles. The molecule has 174 valence electrons. The van der Waals surface area contributed by atoms with Crippen molar-refractivity contribution < 1.29 is 23.1 Å². The molecule has 7 heteroatoms. The van der Waals surface area contributed by atoms with E-state index in [2.05, 4.69) is 11.9 Å². The zero-order chi connectivity index (χ0) is 23.8. The van der Waals surface area contributed by atoms with Crippen molar-refractivity contribution in [1.29, 1.82) is 0 Å². The summed E-state index contributed by atoms with van der Waals surface area (Å²) in [6, 6.07) is 9.19. The summed E-state index contributed by atoms with van der Waals surface area (Å²) in [6.07, 6.45) is 3.53. The Bertz CT molecular complexity index is 1240. The fraction of sp³-hybridized carbons (Fsp3) is 0.385. The van der Waals surface area contributed by atoms with E-state index in [1.807, 2.05) is 45.9 Å². The molecule has 2 aromatic heterocycles. The fourth-order valence-electron chi connectivity index (χ4n) is 3.90. The molecular weight excluding hydrogens is 422 g/mol. The van der Waals surface area contributed by atoms with Gasteiger partial charge in [0.05, 0.1) is 19.4 Å². The van der Waals surface area contributed by atoms with Crippen molar-refractivity contribution in [2.24, 2.45) is 0 Å². The van der Waals surface area contributed by atoms with E-state index in [-0.39, 0.29) is 18.6 Å². The number of allylic oxidation sites excluding steroid dienone is 1. The van der Waals surface area contributed by atoms with E-state index in [0.29, 0.717) is 29.9 Å². The number of hydrogen-bond donors (Lipinski definition) is 1. The maximum Gasteiger partial charge on any atom is 0.340 e. The summed E-state index contributed by atoms with van der Waals surface area (Å²) < 4.78 is 22.7. The average Bonchev–Trinajstić information content (AvgIpc) is 3.41. The summed E-state index contributed by atoms with van der Waals surface area (Å²) in [7, 11) is 0. The number of nitrogens with one attached hydrogen (secondary N) is 1. The van der Waals surface area contributed by atoms with Crippen LogP contribution in [0, 0.1) is 0 Å². The van der Waals surface area contributed by atoms with Gasteiger partial charge in [-0.1, -0.05) is 19.9 Å². The van der Waals surface area contributed by atoms with E-state index in [4.69, 9.17) is 18.3 Å². The third-order valence-corrected chi connectivity index (χ3v) is 6.10. The monoisotopic (exact) mass is 451 g/mol. The summed E-state index contributed by atoms with van der Waals surface area (Å²) in [4.78, 5) is 24.9. The maximum atomic E-state index is 12.5. The quantitative estimate of drug-likeness (QED) is 0.311. The highest BCUT2D eigenvalue weighted by Crippen LogP contribution is 2.38. The van der Waals surface area contributed by atoms with Crippen LogP contribution in [0.3, 0.4) is 0 Å². The van der Waals surface area contributed by atoms with Crippen molar-refractivity contribution >= 4 is 16.9 Å². The van der Waals surface area contributed by atoms with Crippen LogP contribution >= 0.6 is 0 Å². The van der Waals surface area contributed by atoms with Gasteiger partial charge in [0.1, 0.15) is 28.8 Å². The molecular formula is C26H29NO6. The molecule has 4 rings (SSSR count). The van der Waals surface area contributed by atoms with Crippen molar-refractivity contribution in [3.63, 3.8) is 0 Å². The number of rotatable bonds is 8. The predicted octanol–water partition coefficient (Wildman–Crippen LogP) is 4.26. The van der Waals surface area contributed by atoms with Gasteiger partial charge in [-0.05, 0) is 43.7 Å². The summed E-state index contributed by atoms with van der Waals surface area (Å²) in [5, 5.41) is 3.83. The summed E-state index contributed by atoms with van der Waals surface area (Å²) >= 11 is 0. The normalized spacial score (nSPS) is 15.8. The lowest BCUT2D eigenvalue weighted by Gasteiger charge is -2.30. The summed E-state index contributed by atoms with van der Waals surface area (Å²) in [6.45, 7) is 11.8. The van der Waals surface area contributed by atoms with Crippen molar-refractivity contribution in [1.82, 2.24) is 5.32 Å². The van der Waals surface area contributed by atoms with Gasteiger partial charge in [-0.25, -0.2) is 4.79 Å². The zero-order valence-electron chi connectivity index (χ0n) is 19.4. The van der Waals surface area contributed by atoms with Crippen LogP contribution in [-0.4, -0.2) is 24.2 Å². The second kappa shape index (κ2) is 8.56. The van der Waals surface area contributed by atoms with Crippen molar-refractivity contribution in [3.05, 3.63) is 76.6 Å². The van der Waals surface area contributed by atoms with Crippen LogP contribution in [0.4, 0.5) is 0 Å². The van der Waals surface area contributed by atoms with Crippen LogP contribution in [0.5, 0.6) is 5.75 Å². The summed E-state index contributed by atoms with van der Waals surface area (Å²) in [5.41, 5.74) is 0.234. The highest BCUT2D eigenvalue weighted by atomic mass is 16.6. The van der Waals surface area contributed by atoms with Crippen LogP contribution in [0.2, 0.25) is 0 Å². The number of hydrogen-bond acceptors (Lipinski definition) is 7. The second-order valence-electron chi connectivity index (χ2n) is 9.44. The maximum absolute atomic E-state index is 12.5. The van der Waals surface area contributed by atoms with Gasteiger partial charge in [-0.15, -0.1) is 6.58 Å².